The number of ether oxygens (including phenoxy) is 3. The van der Waals surface area contributed by atoms with Gasteiger partial charge < -0.3 is 30.2 Å². The highest BCUT2D eigenvalue weighted by atomic mass is 19.1. The molecule has 174 valence electrons. The molecule has 0 aliphatic rings. The molecule has 10 heteroatoms. The first-order valence-electron chi connectivity index (χ1n) is 10.1. The number of imidazole rings is 1. The van der Waals surface area contributed by atoms with E-state index in [1.54, 1.807) is 30.3 Å². The lowest BCUT2D eigenvalue weighted by Gasteiger charge is -2.15. The fourth-order valence-corrected chi connectivity index (χ4v) is 3.36. The molecular formula is C24H21FN4O5. The van der Waals surface area contributed by atoms with Crippen LogP contribution in [0.3, 0.4) is 0 Å². The van der Waals surface area contributed by atoms with E-state index in [0.717, 1.165) is 0 Å². The van der Waals surface area contributed by atoms with E-state index >= 15 is 0 Å². The summed E-state index contributed by atoms with van der Waals surface area (Å²) in [4.78, 5) is 31.6. The van der Waals surface area contributed by atoms with Gasteiger partial charge in [0.25, 0.3) is 11.8 Å². The van der Waals surface area contributed by atoms with Crippen molar-refractivity contribution >= 4 is 28.5 Å². The number of amides is 2. The molecule has 0 radical (unpaired) electrons. The quantitative estimate of drug-likeness (QED) is 0.366. The van der Waals surface area contributed by atoms with Gasteiger partial charge in [0.15, 0.2) is 18.1 Å². The van der Waals surface area contributed by atoms with Gasteiger partial charge in [-0.3, -0.25) is 9.59 Å². The molecule has 0 saturated carbocycles. The molecule has 1 aromatic heterocycles. The zero-order chi connectivity index (χ0) is 24.2. The molecule has 4 aromatic rings. The van der Waals surface area contributed by atoms with Gasteiger partial charge in [-0.25, -0.2) is 9.37 Å². The lowest BCUT2D eigenvalue weighted by molar-refractivity contribution is -0.120. The molecule has 4 N–H and O–H groups in total. The van der Waals surface area contributed by atoms with Crippen LogP contribution in [0.15, 0.2) is 54.6 Å². The number of hydrogen-bond donors (Lipinski definition) is 3. The van der Waals surface area contributed by atoms with Crippen molar-refractivity contribution in [1.82, 2.24) is 9.97 Å². The predicted octanol–water partition coefficient (Wildman–Crippen LogP) is 3.50. The number of aromatic nitrogens is 2. The Bertz CT molecular complexity index is 1360. The van der Waals surface area contributed by atoms with Gasteiger partial charge in [-0.15, -0.1) is 0 Å². The van der Waals surface area contributed by atoms with E-state index in [-0.39, 0.29) is 35.2 Å². The van der Waals surface area contributed by atoms with Gasteiger partial charge in [0, 0.05) is 16.8 Å². The number of anilines is 1. The predicted molar refractivity (Wildman–Crippen MR) is 124 cm³/mol. The zero-order valence-corrected chi connectivity index (χ0v) is 18.3. The van der Waals surface area contributed by atoms with Gasteiger partial charge in [0.2, 0.25) is 5.75 Å². The molecule has 4 rings (SSSR count). The average molecular weight is 464 g/mol. The van der Waals surface area contributed by atoms with E-state index < -0.39 is 11.8 Å². The van der Waals surface area contributed by atoms with E-state index in [2.05, 4.69) is 15.3 Å². The number of fused-ring (bicyclic) bond motifs is 1. The SMILES string of the molecule is COc1cc(C(=O)Nc2ccc3nc(-c4cccc(F)c4)[nH]c3c2)cc(OC)c1OCC(N)=O. The second-order valence-electron chi connectivity index (χ2n) is 7.25. The number of aromatic amines is 1. The standard InChI is InChI=1S/C24H21FN4O5/c1-32-19-9-14(10-20(33-2)22(19)34-12-21(26)30)24(31)27-16-6-7-17-18(11-16)29-23(28-17)13-4-3-5-15(25)8-13/h3-11H,12H2,1-2H3,(H2,26,30)(H,27,31)(H,28,29). The van der Waals surface area contributed by atoms with Crippen LogP contribution in [0.2, 0.25) is 0 Å². The van der Waals surface area contributed by atoms with Crippen molar-refractivity contribution in [1.29, 1.82) is 0 Å². The maximum absolute atomic E-state index is 13.6. The van der Waals surface area contributed by atoms with Crippen LogP contribution in [0, 0.1) is 5.82 Å². The van der Waals surface area contributed by atoms with Crippen LogP contribution >= 0.6 is 0 Å². The topological polar surface area (TPSA) is 129 Å². The highest BCUT2D eigenvalue weighted by Crippen LogP contribution is 2.38. The minimum absolute atomic E-state index is 0.157. The lowest BCUT2D eigenvalue weighted by Crippen LogP contribution is -2.20. The molecule has 0 spiro atoms. The second-order valence-corrected chi connectivity index (χ2v) is 7.25. The number of nitrogens with zero attached hydrogens (tertiary/aromatic N) is 1. The van der Waals surface area contributed by atoms with E-state index in [1.165, 1.54) is 38.5 Å². The van der Waals surface area contributed by atoms with Crippen molar-refractivity contribution in [2.45, 2.75) is 0 Å². The third-order valence-electron chi connectivity index (χ3n) is 4.92. The van der Waals surface area contributed by atoms with Gasteiger partial charge >= 0.3 is 0 Å². The molecule has 0 atom stereocenters. The fourth-order valence-electron chi connectivity index (χ4n) is 3.36. The second kappa shape index (κ2) is 9.49. The van der Waals surface area contributed by atoms with Crippen LogP contribution in [-0.4, -0.2) is 42.6 Å². The number of nitrogens with one attached hydrogen (secondary N) is 2. The maximum atomic E-state index is 13.6. The zero-order valence-electron chi connectivity index (χ0n) is 18.3. The number of nitrogens with two attached hydrogens (primary N) is 1. The Morgan fingerprint density at radius 1 is 1.06 bits per heavy atom. The lowest BCUT2D eigenvalue weighted by atomic mass is 10.1. The van der Waals surface area contributed by atoms with Crippen molar-refractivity contribution in [3.05, 3.63) is 66.0 Å². The number of benzene rings is 3. The summed E-state index contributed by atoms with van der Waals surface area (Å²) in [5.41, 5.74) is 7.83. The van der Waals surface area contributed by atoms with Crippen LogP contribution in [0.4, 0.5) is 10.1 Å². The van der Waals surface area contributed by atoms with Gasteiger partial charge in [0.05, 0.1) is 25.3 Å². The number of hydrogen-bond acceptors (Lipinski definition) is 6. The summed E-state index contributed by atoms with van der Waals surface area (Å²) >= 11 is 0. The molecule has 0 unspecified atom stereocenters. The smallest absolute Gasteiger partial charge is 0.255 e. The largest absolute Gasteiger partial charge is 0.493 e. The number of primary amides is 1. The molecule has 0 bridgehead atoms. The highest BCUT2D eigenvalue weighted by Gasteiger charge is 2.19. The molecule has 1 heterocycles. The van der Waals surface area contributed by atoms with E-state index in [4.69, 9.17) is 19.9 Å². The van der Waals surface area contributed by atoms with Crippen LogP contribution < -0.4 is 25.3 Å². The first kappa shape index (κ1) is 22.6. The van der Waals surface area contributed by atoms with Gasteiger partial charge in [-0.2, -0.15) is 0 Å². The highest BCUT2D eigenvalue weighted by molar-refractivity contribution is 6.05. The van der Waals surface area contributed by atoms with E-state index in [0.29, 0.717) is 28.1 Å². The normalized spacial score (nSPS) is 10.7. The summed E-state index contributed by atoms with van der Waals surface area (Å²) in [6.07, 6.45) is 0. The van der Waals surface area contributed by atoms with Crippen LogP contribution in [-0.2, 0) is 4.79 Å². The van der Waals surface area contributed by atoms with Gasteiger partial charge in [-0.05, 0) is 42.5 Å². The third-order valence-corrected chi connectivity index (χ3v) is 4.92. The first-order chi connectivity index (χ1) is 16.4. The minimum atomic E-state index is -0.666. The van der Waals surface area contributed by atoms with Gasteiger partial charge in [0.1, 0.15) is 11.6 Å². The Hall–Kier alpha value is -4.60. The first-order valence-corrected chi connectivity index (χ1v) is 10.1. The summed E-state index contributed by atoms with van der Waals surface area (Å²) in [5.74, 6) is -0.377. The van der Waals surface area contributed by atoms with Crippen molar-refractivity contribution in [2.75, 3.05) is 26.1 Å². The van der Waals surface area contributed by atoms with E-state index in [1.807, 2.05) is 0 Å². The Balaban J connectivity index is 1.59. The summed E-state index contributed by atoms with van der Waals surface area (Å²) in [7, 11) is 2.80. The minimum Gasteiger partial charge on any atom is -0.493 e. The molecule has 0 saturated heterocycles. The monoisotopic (exact) mass is 464 g/mol. The number of carbonyl (C=O) groups excluding carboxylic acids is 2. The van der Waals surface area contributed by atoms with Crippen molar-refractivity contribution in [2.24, 2.45) is 5.73 Å². The maximum Gasteiger partial charge on any atom is 0.255 e. The number of carbonyl (C=O) groups is 2. The molecule has 0 fully saturated rings. The molecular weight excluding hydrogens is 443 g/mol. The molecule has 3 aromatic carbocycles. The molecule has 0 aliphatic heterocycles. The summed E-state index contributed by atoms with van der Waals surface area (Å²) in [5, 5.41) is 2.81. The van der Waals surface area contributed by atoms with Crippen LogP contribution in [0.1, 0.15) is 10.4 Å². The molecule has 0 aliphatic carbocycles. The Labute approximate surface area is 193 Å². The van der Waals surface area contributed by atoms with Crippen molar-refractivity contribution in [3.63, 3.8) is 0 Å². The summed E-state index contributed by atoms with van der Waals surface area (Å²) in [6, 6.07) is 14.2. The average Bonchev–Trinajstić information content (AvgIpc) is 3.25. The van der Waals surface area contributed by atoms with Crippen LogP contribution in [0.25, 0.3) is 22.4 Å². The molecule has 34 heavy (non-hydrogen) atoms. The number of halogens is 1. The fraction of sp³-hybridized carbons (Fsp3) is 0.125. The molecule has 9 nitrogen and oxygen atoms in total. The summed E-state index contributed by atoms with van der Waals surface area (Å²) in [6.45, 7) is -0.375. The number of rotatable bonds is 8. The third kappa shape index (κ3) is 4.75. The number of H-pyrrole nitrogens is 1. The van der Waals surface area contributed by atoms with Crippen molar-refractivity contribution < 1.29 is 28.2 Å². The Kier molecular flexibility index (Phi) is 6.30. The summed E-state index contributed by atoms with van der Waals surface area (Å²) < 4.78 is 29.5. The Morgan fingerprint density at radius 3 is 2.44 bits per heavy atom. The van der Waals surface area contributed by atoms with Gasteiger partial charge in [-0.1, -0.05) is 12.1 Å². The van der Waals surface area contributed by atoms with Crippen molar-refractivity contribution in [3.8, 4) is 28.6 Å². The Morgan fingerprint density at radius 2 is 1.79 bits per heavy atom. The van der Waals surface area contributed by atoms with Crippen LogP contribution in [0.5, 0.6) is 17.2 Å². The molecule has 2 amide bonds. The van der Waals surface area contributed by atoms with E-state index in [9.17, 15) is 14.0 Å². The number of methoxy groups -OCH3 is 2.